The second kappa shape index (κ2) is 17.4. The number of fused-ring (bicyclic) bond motifs is 1. The van der Waals surface area contributed by atoms with Crippen molar-refractivity contribution in [3.8, 4) is 22.6 Å². The Bertz CT molecular complexity index is 2630. The number of carbonyl (C=O) groups excluding carboxylic acids is 1. The number of para-hydroxylation sites is 1. The molecule has 2 fully saturated rings. The smallest absolute Gasteiger partial charge is 0.293 e. The van der Waals surface area contributed by atoms with Crippen LogP contribution in [0.5, 0.6) is 11.5 Å². The fourth-order valence-electron chi connectivity index (χ4n) is 7.79. The van der Waals surface area contributed by atoms with E-state index in [1.807, 2.05) is 42.5 Å². The maximum absolute atomic E-state index is 17.0. The van der Waals surface area contributed by atoms with Crippen molar-refractivity contribution in [2.24, 2.45) is 5.92 Å². The first kappa shape index (κ1) is 40.9. The molecule has 310 valence electrons. The first-order valence-electron chi connectivity index (χ1n) is 19.6. The normalized spacial score (nSPS) is 16.0. The van der Waals surface area contributed by atoms with Crippen LogP contribution in [-0.2, 0) is 21.2 Å². The number of benzene rings is 4. The molecular formula is C44H42ClFN6O7S. The molecule has 8 rings (SSSR count). The quantitative estimate of drug-likeness (QED) is 0.0847. The van der Waals surface area contributed by atoms with Crippen molar-refractivity contribution >= 4 is 49.9 Å². The lowest BCUT2D eigenvalue weighted by atomic mass is 9.85. The van der Waals surface area contributed by atoms with Gasteiger partial charge in [0.25, 0.3) is 21.6 Å². The SMILES string of the molecule is O=C(c1ccccc1Oc1cnc2[nH]ccc2c1)N(N1CCC(F)(Cc2ccccc2-c2ccc(Cl)cc2)CC1)S(=O)(=O)c1ccc(NCC2CCOCC2)c([N+](=O)[O-])c1. The molecule has 0 spiro atoms. The molecular weight excluding hydrogens is 811 g/mol. The molecule has 2 N–H and O–H groups in total. The van der Waals surface area contributed by atoms with Gasteiger partial charge in [0.15, 0.2) is 0 Å². The molecule has 0 saturated carbocycles. The van der Waals surface area contributed by atoms with E-state index in [0.29, 0.717) is 40.6 Å². The van der Waals surface area contributed by atoms with E-state index in [2.05, 4.69) is 15.3 Å². The number of hydrazine groups is 1. The summed E-state index contributed by atoms with van der Waals surface area (Å²) in [5, 5.41) is 18.2. The number of sulfonamides is 1. The van der Waals surface area contributed by atoms with Crippen LogP contribution in [0.4, 0.5) is 15.8 Å². The molecule has 2 aromatic heterocycles. The zero-order valence-corrected chi connectivity index (χ0v) is 34.0. The van der Waals surface area contributed by atoms with Gasteiger partial charge < -0.3 is 19.8 Å². The standard InChI is InChI=1S/C44H42ClFN6O7S/c45-34-11-9-31(10-12-34)37-6-2-1-5-33(37)27-44(46)18-21-50(22-19-44)51(43(53)38-7-3-4-8-41(38)59-35-25-32-15-20-47-42(32)49-29-35)60(56,57)36-13-14-39(40(26-36)52(54)55)48-28-30-16-23-58-24-17-30/h1-15,20,25-26,29-30,48H,16-19,21-24,27-28H2,(H,47,49). The zero-order chi connectivity index (χ0) is 41.9. The average Bonchev–Trinajstić information content (AvgIpc) is 3.73. The van der Waals surface area contributed by atoms with Gasteiger partial charge in [0.2, 0.25) is 0 Å². The fraction of sp³-hybridized carbons (Fsp3) is 0.273. The number of nitrogens with zero attached hydrogens (tertiary/aromatic N) is 4. The van der Waals surface area contributed by atoms with E-state index in [9.17, 15) is 23.3 Å². The Morgan fingerprint density at radius 2 is 1.75 bits per heavy atom. The molecule has 4 heterocycles. The lowest BCUT2D eigenvalue weighted by molar-refractivity contribution is -0.384. The molecule has 4 aromatic carbocycles. The molecule has 0 aliphatic carbocycles. The van der Waals surface area contributed by atoms with E-state index in [-0.39, 0.29) is 55.3 Å². The van der Waals surface area contributed by atoms with Gasteiger partial charge >= 0.3 is 0 Å². The third-order valence-corrected chi connectivity index (χ3v) is 13.0. The van der Waals surface area contributed by atoms with Gasteiger partial charge in [0.1, 0.15) is 28.5 Å². The van der Waals surface area contributed by atoms with Crippen LogP contribution in [-0.4, -0.2) is 77.2 Å². The van der Waals surface area contributed by atoms with Crippen LogP contribution in [0.15, 0.2) is 120 Å². The number of ether oxygens (including phenoxy) is 2. The van der Waals surface area contributed by atoms with Crippen molar-refractivity contribution in [1.29, 1.82) is 0 Å². The number of anilines is 1. The number of halogens is 2. The van der Waals surface area contributed by atoms with Crippen molar-refractivity contribution in [2.45, 2.75) is 42.7 Å². The minimum Gasteiger partial charge on any atom is -0.455 e. The third-order valence-electron chi connectivity index (χ3n) is 11.1. The van der Waals surface area contributed by atoms with E-state index in [4.69, 9.17) is 21.1 Å². The third kappa shape index (κ3) is 8.84. The van der Waals surface area contributed by atoms with Crippen molar-refractivity contribution in [1.82, 2.24) is 19.4 Å². The topological polar surface area (TPSA) is 160 Å². The van der Waals surface area contributed by atoms with Crippen LogP contribution < -0.4 is 10.1 Å². The molecule has 0 bridgehead atoms. The summed E-state index contributed by atoms with van der Waals surface area (Å²) in [7, 11) is -4.85. The van der Waals surface area contributed by atoms with Gasteiger partial charge in [-0.05, 0) is 96.8 Å². The monoisotopic (exact) mass is 852 g/mol. The molecule has 60 heavy (non-hydrogen) atoms. The minimum absolute atomic E-state index is 0.0467. The first-order valence-corrected chi connectivity index (χ1v) is 21.5. The van der Waals surface area contributed by atoms with E-state index in [1.165, 1.54) is 35.5 Å². The van der Waals surface area contributed by atoms with Crippen molar-refractivity contribution in [2.75, 3.05) is 38.2 Å². The molecule has 0 atom stereocenters. The van der Waals surface area contributed by atoms with Gasteiger partial charge in [-0.25, -0.2) is 14.4 Å². The number of alkyl halides is 1. The lowest BCUT2D eigenvalue weighted by Crippen LogP contribution is -2.55. The Morgan fingerprint density at radius 1 is 1.02 bits per heavy atom. The van der Waals surface area contributed by atoms with Crippen LogP contribution in [0, 0.1) is 16.0 Å². The van der Waals surface area contributed by atoms with Crippen molar-refractivity contribution < 1.29 is 32.0 Å². The number of pyridine rings is 1. The second-order valence-corrected chi connectivity index (χ2v) is 17.3. The number of nitro benzene ring substituents is 1. The second-order valence-electron chi connectivity index (χ2n) is 15.1. The summed E-state index contributed by atoms with van der Waals surface area (Å²) in [6.45, 7) is 1.31. The minimum atomic E-state index is -4.85. The Morgan fingerprint density at radius 3 is 2.52 bits per heavy atom. The van der Waals surface area contributed by atoms with Gasteiger partial charge in [-0.3, -0.25) is 14.9 Å². The first-order chi connectivity index (χ1) is 29.0. The van der Waals surface area contributed by atoms with Crippen LogP contribution in [0.3, 0.4) is 0 Å². The predicted octanol–water partition coefficient (Wildman–Crippen LogP) is 9.22. The predicted molar refractivity (Wildman–Crippen MR) is 226 cm³/mol. The summed E-state index contributed by atoms with van der Waals surface area (Å²) >= 11 is 6.13. The summed E-state index contributed by atoms with van der Waals surface area (Å²) in [4.78, 5) is 33.5. The highest BCUT2D eigenvalue weighted by Gasteiger charge is 2.43. The molecule has 2 aliphatic heterocycles. The zero-order valence-electron chi connectivity index (χ0n) is 32.4. The molecule has 0 unspecified atom stereocenters. The highest BCUT2D eigenvalue weighted by atomic mass is 35.5. The Labute approximate surface area is 351 Å². The number of piperidine rings is 1. The number of nitrogens with one attached hydrogen (secondary N) is 2. The molecule has 2 aliphatic rings. The number of hydrogen-bond donors (Lipinski definition) is 2. The van der Waals surface area contributed by atoms with E-state index >= 15 is 4.39 Å². The van der Waals surface area contributed by atoms with Crippen LogP contribution >= 0.6 is 11.6 Å². The van der Waals surface area contributed by atoms with Gasteiger partial charge in [0, 0.05) is 61.9 Å². The number of nitro groups is 1. The number of aromatic amines is 1. The Kier molecular flexibility index (Phi) is 11.8. The molecule has 16 heteroatoms. The summed E-state index contributed by atoms with van der Waals surface area (Å²) in [6.07, 6.45) is 4.60. The lowest BCUT2D eigenvalue weighted by Gasteiger charge is -2.41. The summed E-state index contributed by atoms with van der Waals surface area (Å²) < 4.78 is 58.9. The van der Waals surface area contributed by atoms with Gasteiger partial charge in [-0.2, -0.15) is 12.8 Å². The summed E-state index contributed by atoms with van der Waals surface area (Å²) in [5.74, 6) is -0.403. The van der Waals surface area contributed by atoms with Crippen LogP contribution in [0.2, 0.25) is 5.02 Å². The van der Waals surface area contributed by atoms with Crippen molar-refractivity contribution in [3.63, 3.8) is 0 Å². The largest absolute Gasteiger partial charge is 0.455 e. The average molecular weight is 853 g/mol. The highest BCUT2D eigenvalue weighted by molar-refractivity contribution is 7.89. The molecule has 0 radical (unpaired) electrons. The maximum Gasteiger partial charge on any atom is 0.293 e. The fourth-order valence-corrected chi connectivity index (χ4v) is 9.40. The van der Waals surface area contributed by atoms with E-state index in [1.54, 1.807) is 36.5 Å². The number of carbonyl (C=O) groups is 1. The summed E-state index contributed by atoms with van der Waals surface area (Å²) in [6, 6.07) is 28.1. The van der Waals surface area contributed by atoms with Crippen LogP contribution in [0.25, 0.3) is 22.2 Å². The molecule has 6 aromatic rings. The van der Waals surface area contributed by atoms with Gasteiger partial charge in [0.05, 0.1) is 21.6 Å². The van der Waals surface area contributed by atoms with E-state index in [0.717, 1.165) is 41.0 Å². The summed E-state index contributed by atoms with van der Waals surface area (Å²) in [5.41, 5.74) is 0.956. The van der Waals surface area contributed by atoms with Crippen LogP contribution in [0.1, 0.15) is 41.6 Å². The Hall–Kier alpha value is -5.87. The van der Waals surface area contributed by atoms with E-state index < -0.39 is 37.1 Å². The highest BCUT2D eigenvalue weighted by Crippen LogP contribution is 2.38. The maximum atomic E-state index is 17.0. The van der Waals surface area contributed by atoms with Gasteiger partial charge in [-0.15, -0.1) is 0 Å². The number of amides is 1. The molecule has 13 nitrogen and oxygen atoms in total. The molecule has 2 saturated heterocycles. The molecule has 1 amide bonds. The van der Waals surface area contributed by atoms with Gasteiger partial charge in [-0.1, -0.05) is 60.1 Å². The van der Waals surface area contributed by atoms with Crippen molar-refractivity contribution in [3.05, 3.63) is 142 Å². The Balaban J connectivity index is 1.11. The number of hydrogen-bond acceptors (Lipinski definition) is 10. The number of H-pyrrole nitrogens is 1. The number of aromatic nitrogens is 2. The number of rotatable bonds is 13.